The molecule has 1 N–H and O–H groups in total. The molecule has 6 heteroatoms. The highest BCUT2D eigenvalue weighted by molar-refractivity contribution is 5.75. The summed E-state index contributed by atoms with van der Waals surface area (Å²) < 4.78 is 29.8. The van der Waals surface area contributed by atoms with Crippen LogP contribution in [0, 0.1) is 5.92 Å². The molecule has 1 saturated carbocycles. The van der Waals surface area contributed by atoms with Crippen LogP contribution in [-0.4, -0.2) is 30.6 Å². The van der Waals surface area contributed by atoms with E-state index in [0.29, 0.717) is 17.9 Å². The minimum absolute atomic E-state index is 0.110. The minimum atomic E-state index is -2.89. The number of alkyl halides is 2. The Balaban J connectivity index is 2.07. The molecule has 1 aliphatic carbocycles. The number of nitrogens with zero attached hydrogens (tertiary/aromatic N) is 1. The van der Waals surface area contributed by atoms with Crippen LogP contribution in [0.25, 0.3) is 0 Å². The Kier molecular flexibility index (Phi) is 7.02. The first kappa shape index (κ1) is 19.5. The summed E-state index contributed by atoms with van der Waals surface area (Å²) in [5.41, 5.74) is 0.573. The lowest BCUT2D eigenvalue weighted by atomic mass is 9.86. The molecule has 1 fully saturated rings. The number of nitrogens with one attached hydrogen (secondary N) is 1. The maximum absolute atomic E-state index is 12.7. The summed E-state index contributed by atoms with van der Waals surface area (Å²) in [4.78, 5) is 14.4. The molecule has 1 aliphatic rings. The Hall–Kier alpha value is -1.85. The Bertz CT molecular complexity index is 568. The number of hydrogen-bond donors (Lipinski definition) is 1. The predicted octanol–water partition coefficient (Wildman–Crippen LogP) is 4.96. The topological polar surface area (TPSA) is 41.6 Å². The summed E-state index contributed by atoms with van der Waals surface area (Å²) >= 11 is 0. The molecule has 4 nitrogen and oxygen atoms in total. The molecule has 1 aromatic rings. The van der Waals surface area contributed by atoms with E-state index in [9.17, 15) is 13.6 Å². The predicted molar refractivity (Wildman–Crippen MR) is 93.8 cm³/mol. The second-order valence-corrected chi connectivity index (χ2v) is 6.86. The molecule has 1 aromatic carbocycles. The standard InChI is InChI=1S/C19H28F2N2O2/c1-4-16(15-10-5-6-11-17(15)25-18(20)21)22-19(24)23(3)14-9-7-8-13(2)12-14/h5-6,10-11,13-14,16,18H,4,7-9,12H2,1-3H3,(H,22,24). The molecule has 2 rings (SSSR count). The van der Waals surface area contributed by atoms with Crippen molar-refractivity contribution in [2.75, 3.05) is 7.05 Å². The van der Waals surface area contributed by atoms with Crippen LogP contribution in [0.2, 0.25) is 0 Å². The maximum Gasteiger partial charge on any atom is 0.387 e. The number of para-hydroxylation sites is 1. The first-order valence-electron chi connectivity index (χ1n) is 8.99. The van der Waals surface area contributed by atoms with Crippen LogP contribution in [0.3, 0.4) is 0 Å². The van der Waals surface area contributed by atoms with Crippen molar-refractivity contribution in [3.63, 3.8) is 0 Å². The molecule has 2 amide bonds. The Morgan fingerprint density at radius 3 is 2.72 bits per heavy atom. The Morgan fingerprint density at radius 2 is 2.08 bits per heavy atom. The van der Waals surface area contributed by atoms with Gasteiger partial charge in [-0.3, -0.25) is 0 Å². The summed E-state index contributed by atoms with van der Waals surface area (Å²) in [7, 11) is 1.81. The van der Waals surface area contributed by atoms with E-state index in [-0.39, 0.29) is 23.9 Å². The first-order valence-corrected chi connectivity index (χ1v) is 8.99. The monoisotopic (exact) mass is 354 g/mol. The van der Waals surface area contributed by atoms with Gasteiger partial charge in [-0.05, 0) is 31.2 Å². The summed E-state index contributed by atoms with van der Waals surface area (Å²) in [5.74, 6) is 0.731. The van der Waals surface area contributed by atoms with Crippen molar-refractivity contribution >= 4 is 6.03 Å². The van der Waals surface area contributed by atoms with Crippen molar-refractivity contribution in [3.05, 3.63) is 29.8 Å². The van der Waals surface area contributed by atoms with E-state index in [2.05, 4.69) is 17.0 Å². The molecule has 0 spiro atoms. The fraction of sp³-hybridized carbons (Fsp3) is 0.632. The second kappa shape index (κ2) is 9.02. The van der Waals surface area contributed by atoms with E-state index in [1.807, 2.05) is 14.0 Å². The molecular weight excluding hydrogens is 326 g/mol. The molecule has 3 atom stereocenters. The number of rotatable bonds is 6. The number of benzene rings is 1. The number of carbonyl (C=O) groups excluding carboxylic acids is 1. The van der Waals surface area contributed by atoms with Gasteiger partial charge in [0.15, 0.2) is 0 Å². The molecule has 0 radical (unpaired) electrons. The summed E-state index contributed by atoms with van der Waals surface area (Å²) in [6.45, 7) is 1.23. The zero-order valence-corrected chi connectivity index (χ0v) is 15.2. The van der Waals surface area contributed by atoms with E-state index in [1.54, 1.807) is 23.1 Å². The third kappa shape index (κ3) is 5.31. The lowest BCUT2D eigenvalue weighted by Crippen LogP contribution is -2.46. The SMILES string of the molecule is CCC(NC(=O)N(C)C1CCCC(C)C1)c1ccccc1OC(F)F. The molecule has 0 aliphatic heterocycles. The van der Waals surface area contributed by atoms with Gasteiger partial charge in [0.25, 0.3) is 0 Å². The van der Waals surface area contributed by atoms with Crippen molar-refractivity contribution in [3.8, 4) is 5.75 Å². The molecular formula is C19H28F2N2O2. The van der Waals surface area contributed by atoms with Crippen LogP contribution >= 0.6 is 0 Å². The fourth-order valence-electron chi connectivity index (χ4n) is 3.54. The summed E-state index contributed by atoms with van der Waals surface area (Å²) in [6, 6.07) is 6.32. The number of ether oxygens (including phenoxy) is 1. The van der Waals surface area contributed by atoms with Gasteiger partial charge in [0.2, 0.25) is 0 Å². The van der Waals surface area contributed by atoms with E-state index in [0.717, 1.165) is 19.3 Å². The number of carbonyl (C=O) groups is 1. The highest BCUT2D eigenvalue weighted by Crippen LogP contribution is 2.30. The van der Waals surface area contributed by atoms with Gasteiger partial charge in [-0.15, -0.1) is 0 Å². The highest BCUT2D eigenvalue weighted by atomic mass is 19.3. The van der Waals surface area contributed by atoms with Crippen molar-refractivity contribution in [2.24, 2.45) is 5.92 Å². The molecule has 0 heterocycles. The van der Waals surface area contributed by atoms with Gasteiger partial charge < -0.3 is 15.0 Å². The van der Waals surface area contributed by atoms with Crippen molar-refractivity contribution in [1.29, 1.82) is 0 Å². The third-order valence-corrected chi connectivity index (χ3v) is 4.99. The first-order chi connectivity index (χ1) is 11.9. The van der Waals surface area contributed by atoms with Gasteiger partial charge in [0.1, 0.15) is 5.75 Å². The zero-order valence-electron chi connectivity index (χ0n) is 15.2. The largest absolute Gasteiger partial charge is 0.434 e. The van der Waals surface area contributed by atoms with E-state index >= 15 is 0 Å². The van der Waals surface area contributed by atoms with E-state index in [4.69, 9.17) is 0 Å². The smallest absolute Gasteiger partial charge is 0.387 e. The molecule has 0 bridgehead atoms. The lowest BCUT2D eigenvalue weighted by Gasteiger charge is -2.35. The van der Waals surface area contributed by atoms with Crippen LogP contribution in [0.1, 0.15) is 57.6 Å². The third-order valence-electron chi connectivity index (χ3n) is 4.99. The maximum atomic E-state index is 12.7. The lowest BCUT2D eigenvalue weighted by molar-refractivity contribution is -0.0507. The van der Waals surface area contributed by atoms with Crippen LogP contribution in [0.5, 0.6) is 5.75 Å². The van der Waals surface area contributed by atoms with Crippen molar-refractivity contribution in [1.82, 2.24) is 10.2 Å². The molecule has 25 heavy (non-hydrogen) atoms. The normalized spacial score (nSPS) is 21.7. The summed E-state index contributed by atoms with van der Waals surface area (Å²) in [5, 5.41) is 2.97. The van der Waals surface area contributed by atoms with Crippen molar-refractivity contribution < 1.29 is 18.3 Å². The van der Waals surface area contributed by atoms with Gasteiger partial charge in [-0.1, -0.05) is 44.9 Å². The Morgan fingerprint density at radius 1 is 1.36 bits per heavy atom. The van der Waals surface area contributed by atoms with Gasteiger partial charge in [-0.2, -0.15) is 8.78 Å². The molecule has 0 aromatic heterocycles. The van der Waals surface area contributed by atoms with Gasteiger partial charge in [0, 0.05) is 18.7 Å². The fourth-order valence-corrected chi connectivity index (χ4v) is 3.54. The van der Waals surface area contributed by atoms with E-state index in [1.165, 1.54) is 12.5 Å². The number of hydrogen-bond acceptors (Lipinski definition) is 2. The quantitative estimate of drug-likeness (QED) is 0.784. The minimum Gasteiger partial charge on any atom is -0.434 e. The van der Waals surface area contributed by atoms with E-state index < -0.39 is 6.61 Å². The number of urea groups is 1. The van der Waals surface area contributed by atoms with Crippen LogP contribution in [0.4, 0.5) is 13.6 Å². The van der Waals surface area contributed by atoms with Crippen LogP contribution < -0.4 is 10.1 Å². The average molecular weight is 354 g/mol. The zero-order chi connectivity index (χ0) is 18.4. The molecule has 3 unspecified atom stereocenters. The van der Waals surface area contributed by atoms with Crippen molar-refractivity contribution in [2.45, 2.75) is 64.6 Å². The number of amides is 2. The average Bonchev–Trinajstić information content (AvgIpc) is 2.59. The van der Waals surface area contributed by atoms with Crippen LogP contribution in [-0.2, 0) is 0 Å². The second-order valence-electron chi connectivity index (χ2n) is 6.86. The highest BCUT2D eigenvalue weighted by Gasteiger charge is 2.27. The Labute approximate surface area is 148 Å². The van der Waals surface area contributed by atoms with Gasteiger partial charge in [-0.25, -0.2) is 4.79 Å². The number of halogens is 2. The molecule has 140 valence electrons. The van der Waals surface area contributed by atoms with Gasteiger partial charge in [0.05, 0.1) is 6.04 Å². The summed E-state index contributed by atoms with van der Waals surface area (Å²) in [6.07, 6.45) is 4.94. The van der Waals surface area contributed by atoms with Gasteiger partial charge >= 0.3 is 12.6 Å². The molecule has 0 saturated heterocycles. The van der Waals surface area contributed by atoms with Crippen LogP contribution in [0.15, 0.2) is 24.3 Å².